The van der Waals surface area contributed by atoms with Crippen molar-refractivity contribution >= 4 is 34.2 Å². The molecule has 0 saturated carbocycles. The molecule has 3 rings (SSSR count). The Bertz CT molecular complexity index is 899. The molecule has 1 heterocycles. The summed E-state index contributed by atoms with van der Waals surface area (Å²) in [5.74, 6) is 0.250. The molecule has 0 saturated heterocycles. The first kappa shape index (κ1) is 15.7. The summed E-state index contributed by atoms with van der Waals surface area (Å²) < 4.78 is 2.64. The molecule has 0 aliphatic heterocycles. The molecule has 0 spiro atoms. The number of nitrogens with zero attached hydrogens (tertiary/aromatic N) is 2. The van der Waals surface area contributed by atoms with Crippen molar-refractivity contribution in [3.05, 3.63) is 74.5 Å². The zero-order chi connectivity index (χ0) is 16.6. The maximum Gasteiger partial charge on any atom is 0.198 e. The van der Waals surface area contributed by atoms with Crippen molar-refractivity contribution in [3.63, 3.8) is 0 Å². The number of hydrogen-bond donors (Lipinski definition) is 1. The zero-order valence-electron chi connectivity index (χ0n) is 12.9. The van der Waals surface area contributed by atoms with Crippen molar-refractivity contribution in [3.8, 4) is 5.69 Å². The Hall–Kier alpha value is -2.15. The lowest BCUT2D eigenvalue weighted by atomic mass is 10.1. The van der Waals surface area contributed by atoms with Crippen LogP contribution in [0.15, 0.2) is 48.7 Å². The van der Waals surface area contributed by atoms with Crippen molar-refractivity contribution in [1.29, 1.82) is 0 Å². The van der Waals surface area contributed by atoms with Crippen molar-refractivity contribution in [2.45, 2.75) is 13.8 Å². The fourth-order valence-electron chi connectivity index (χ4n) is 2.46. The van der Waals surface area contributed by atoms with E-state index >= 15 is 0 Å². The van der Waals surface area contributed by atoms with E-state index in [4.69, 9.17) is 5.73 Å². The van der Waals surface area contributed by atoms with Gasteiger partial charge in [-0.2, -0.15) is 5.10 Å². The highest BCUT2D eigenvalue weighted by molar-refractivity contribution is 14.1. The molecular weight excluding hydrogens is 401 g/mol. The molecule has 2 N–H and O–H groups in total. The van der Waals surface area contributed by atoms with Crippen molar-refractivity contribution in [2.24, 2.45) is 0 Å². The molecule has 2 aromatic carbocycles. The first-order valence-electron chi connectivity index (χ1n) is 7.19. The van der Waals surface area contributed by atoms with E-state index in [0.717, 1.165) is 20.4 Å². The van der Waals surface area contributed by atoms with Gasteiger partial charge in [-0.1, -0.05) is 24.3 Å². The third-order valence-corrected chi connectivity index (χ3v) is 4.40. The molecule has 0 radical (unpaired) electrons. The van der Waals surface area contributed by atoms with Gasteiger partial charge in [-0.15, -0.1) is 0 Å². The zero-order valence-corrected chi connectivity index (χ0v) is 15.0. The second-order valence-electron chi connectivity index (χ2n) is 5.48. The molecular formula is C18H16IN3O. The SMILES string of the molecule is Cc1ccc(C)c(-n2ncc(C(=O)c3cccc(I)c3)c2N)c1. The number of carbonyl (C=O) groups excluding carboxylic acids is 1. The summed E-state index contributed by atoms with van der Waals surface area (Å²) in [7, 11) is 0. The number of nitrogens with two attached hydrogens (primary N) is 1. The van der Waals surface area contributed by atoms with E-state index in [-0.39, 0.29) is 5.78 Å². The molecule has 0 unspecified atom stereocenters. The van der Waals surface area contributed by atoms with Gasteiger partial charge in [-0.3, -0.25) is 4.79 Å². The van der Waals surface area contributed by atoms with Crippen LogP contribution in [0.3, 0.4) is 0 Å². The molecule has 0 aliphatic rings. The Morgan fingerprint density at radius 3 is 2.70 bits per heavy atom. The molecule has 0 atom stereocenters. The highest BCUT2D eigenvalue weighted by Gasteiger charge is 2.18. The van der Waals surface area contributed by atoms with Crippen LogP contribution in [0, 0.1) is 17.4 Å². The maximum atomic E-state index is 12.7. The predicted molar refractivity (Wildman–Crippen MR) is 100 cm³/mol. The van der Waals surface area contributed by atoms with Gasteiger partial charge in [-0.25, -0.2) is 4.68 Å². The average molecular weight is 417 g/mol. The summed E-state index contributed by atoms with van der Waals surface area (Å²) in [4.78, 5) is 12.7. The minimum absolute atomic E-state index is 0.113. The fraction of sp³-hybridized carbons (Fsp3) is 0.111. The van der Waals surface area contributed by atoms with Crippen LogP contribution in [-0.2, 0) is 0 Å². The van der Waals surface area contributed by atoms with Crippen LogP contribution in [0.2, 0.25) is 0 Å². The first-order valence-corrected chi connectivity index (χ1v) is 8.26. The van der Waals surface area contributed by atoms with Gasteiger partial charge in [0.25, 0.3) is 0 Å². The largest absolute Gasteiger partial charge is 0.383 e. The summed E-state index contributed by atoms with van der Waals surface area (Å²) in [6.45, 7) is 4.01. The number of rotatable bonds is 3. The summed E-state index contributed by atoms with van der Waals surface area (Å²) in [6, 6.07) is 13.5. The minimum Gasteiger partial charge on any atom is -0.383 e. The van der Waals surface area contributed by atoms with Crippen LogP contribution < -0.4 is 5.73 Å². The summed E-state index contributed by atoms with van der Waals surface area (Å²) in [5, 5.41) is 4.33. The molecule has 1 aromatic heterocycles. The number of ketones is 1. The smallest absolute Gasteiger partial charge is 0.198 e. The molecule has 0 aliphatic carbocycles. The molecule has 5 heteroatoms. The lowest BCUT2D eigenvalue weighted by Crippen LogP contribution is -2.08. The molecule has 4 nitrogen and oxygen atoms in total. The lowest BCUT2D eigenvalue weighted by molar-refractivity contribution is 0.103. The van der Waals surface area contributed by atoms with E-state index in [1.807, 2.05) is 50.2 Å². The van der Waals surface area contributed by atoms with Gasteiger partial charge < -0.3 is 5.73 Å². The van der Waals surface area contributed by atoms with Gasteiger partial charge >= 0.3 is 0 Å². The highest BCUT2D eigenvalue weighted by Crippen LogP contribution is 2.23. The number of aryl methyl sites for hydroxylation is 2. The number of aromatic nitrogens is 2. The van der Waals surface area contributed by atoms with Gasteiger partial charge in [0.1, 0.15) is 5.82 Å². The molecule has 0 amide bonds. The molecule has 0 bridgehead atoms. The van der Waals surface area contributed by atoms with Crippen LogP contribution >= 0.6 is 22.6 Å². The number of carbonyl (C=O) groups is 1. The number of benzene rings is 2. The molecule has 116 valence electrons. The summed E-state index contributed by atoms with van der Waals surface area (Å²) >= 11 is 2.18. The van der Waals surface area contributed by atoms with Crippen molar-refractivity contribution < 1.29 is 4.79 Å². The second-order valence-corrected chi connectivity index (χ2v) is 6.73. The Morgan fingerprint density at radius 2 is 1.96 bits per heavy atom. The Balaban J connectivity index is 2.06. The van der Waals surface area contributed by atoms with Crippen LogP contribution in [0.1, 0.15) is 27.0 Å². The monoisotopic (exact) mass is 417 g/mol. The van der Waals surface area contributed by atoms with Crippen LogP contribution in [0.25, 0.3) is 5.69 Å². The van der Waals surface area contributed by atoms with Crippen molar-refractivity contribution in [1.82, 2.24) is 9.78 Å². The maximum absolute atomic E-state index is 12.7. The second kappa shape index (κ2) is 6.16. The predicted octanol–water partition coefficient (Wildman–Crippen LogP) is 3.91. The number of anilines is 1. The summed E-state index contributed by atoms with van der Waals surface area (Å²) in [6.07, 6.45) is 1.54. The third kappa shape index (κ3) is 3.01. The van der Waals surface area contributed by atoms with Gasteiger partial charge in [0.15, 0.2) is 5.78 Å². The van der Waals surface area contributed by atoms with Gasteiger partial charge in [0.2, 0.25) is 0 Å². The molecule has 3 aromatic rings. The Kier molecular flexibility index (Phi) is 4.21. The topological polar surface area (TPSA) is 60.9 Å². The quantitative estimate of drug-likeness (QED) is 0.520. The van der Waals surface area contributed by atoms with Gasteiger partial charge in [0.05, 0.1) is 17.4 Å². The van der Waals surface area contributed by atoms with E-state index in [0.29, 0.717) is 16.9 Å². The molecule has 23 heavy (non-hydrogen) atoms. The van der Waals surface area contributed by atoms with E-state index in [1.165, 1.54) is 0 Å². The average Bonchev–Trinajstić information content (AvgIpc) is 2.90. The third-order valence-electron chi connectivity index (χ3n) is 3.73. The van der Waals surface area contributed by atoms with Crippen LogP contribution in [-0.4, -0.2) is 15.6 Å². The lowest BCUT2D eigenvalue weighted by Gasteiger charge is -2.09. The van der Waals surface area contributed by atoms with E-state index in [1.54, 1.807) is 16.9 Å². The minimum atomic E-state index is -0.113. The Morgan fingerprint density at radius 1 is 1.17 bits per heavy atom. The van der Waals surface area contributed by atoms with E-state index in [9.17, 15) is 4.79 Å². The number of hydrogen-bond acceptors (Lipinski definition) is 3. The number of halogens is 1. The molecule has 0 fully saturated rings. The Labute approximate surface area is 148 Å². The first-order chi connectivity index (χ1) is 11.0. The number of nitrogen functional groups attached to an aromatic ring is 1. The fourth-order valence-corrected chi connectivity index (χ4v) is 3.00. The standard InChI is InChI=1S/C18H16IN3O/c1-11-6-7-12(2)16(8-11)22-18(20)15(10-21-22)17(23)13-4-3-5-14(19)9-13/h3-10H,20H2,1-2H3. The van der Waals surface area contributed by atoms with Crippen LogP contribution in [0.5, 0.6) is 0 Å². The van der Waals surface area contributed by atoms with Gasteiger partial charge in [0, 0.05) is 9.13 Å². The van der Waals surface area contributed by atoms with E-state index in [2.05, 4.69) is 27.7 Å². The van der Waals surface area contributed by atoms with Crippen LogP contribution in [0.4, 0.5) is 5.82 Å². The normalized spacial score (nSPS) is 10.7. The van der Waals surface area contributed by atoms with Crippen molar-refractivity contribution in [2.75, 3.05) is 5.73 Å². The highest BCUT2D eigenvalue weighted by atomic mass is 127. The van der Waals surface area contributed by atoms with E-state index < -0.39 is 0 Å². The van der Waals surface area contributed by atoms with Gasteiger partial charge in [-0.05, 0) is 65.8 Å². The summed E-state index contributed by atoms with van der Waals surface area (Å²) in [5.41, 5.74) is 10.3.